The van der Waals surface area contributed by atoms with Crippen LogP contribution in [0.25, 0.3) is 97.8 Å². The van der Waals surface area contributed by atoms with Crippen LogP contribution in [0.1, 0.15) is 0 Å². The number of aromatic nitrogens is 3. The molecule has 0 N–H and O–H groups in total. The van der Waals surface area contributed by atoms with Crippen LogP contribution in [0.3, 0.4) is 0 Å². The molecule has 49 heavy (non-hydrogen) atoms. The van der Waals surface area contributed by atoms with Crippen molar-refractivity contribution in [1.29, 1.82) is 0 Å². The van der Waals surface area contributed by atoms with Crippen LogP contribution in [0, 0.1) is 0 Å². The third-order valence-electron chi connectivity index (χ3n) is 9.51. The molecule has 0 amide bonds. The Morgan fingerprint density at radius 1 is 0.306 bits per heavy atom. The number of thiophene rings is 1. The summed E-state index contributed by atoms with van der Waals surface area (Å²) in [4.78, 5) is 14.8. The van der Waals surface area contributed by atoms with Crippen molar-refractivity contribution < 1.29 is 0 Å². The highest BCUT2D eigenvalue weighted by Gasteiger charge is 2.16. The first-order chi connectivity index (χ1) is 24.3. The second-order valence-corrected chi connectivity index (χ2v) is 13.4. The number of rotatable bonds is 4. The van der Waals surface area contributed by atoms with E-state index in [1.54, 1.807) is 0 Å². The fourth-order valence-corrected chi connectivity index (χ4v) is 8.46. The molecule has 228 valence electrons. The van der Waals surface area contributed by atoms with Gasteiger partial charge in [-0.3, -0.25) is 0 Å². The Morgan fingerprint density at radius 2 is 0.776 bits per heavy atom. The van der Waals surface area contributed by atoms with Crippen LogP contribution in [0.4, 0.5) is 0 Å². The maximum Gasteiger partial charge on any atom is 0.164 e. The van der Waals surface area contributed by atoms with Gasteiger partial charge in [-0.2, -0.15) is 0 Å². The highest BCUT2D eigenvalue weighted by molar-refractivity contribution is 7.26. The molecule has 0 fully saturated rings. The molecule has 8 aromatic carbocycles. The summed E-state index contributed by atoms with van der Waals surface area (Å²) in [5, 5.41) is 10.2. The maximum atomic E-state index is 4.98. The molecule has 0 saturated heterocycles. The van der Waals surface area contributed by atoms with Crippen molar-refractivity contribution >= 4 is 63.8 Å². The first kappa shape index (κ1) is 27.8. The molecular formula is C45H27N3S. The van der Waals surface area contributed by atoms with E-state index in [0.717, 1.165) is 16.7 Å². The van der Waals surface area contributed by atoms with Crippen LogP contribution in [0.5, 0.6) is 0 Å². The number of nitrogens with zero attached hydrogens (tertiary/aromatic N) is 3. The van der Waals surface area contributed by atoms with Crippen molar-refractivity contribution in [3.63, 3.8) is 0 Å². The van der Waals surface area contributed by atoms with E-state index < -0.39 is 0 Å². The monoisotopic (exact) mass is 641 g/mol. The number of hydrogen-bond acceptors (Lipinski definition) is 4. The topological polar surface area (TPSA) is 38.7 Å². The summed E-state index contributed by atoms with van der Waals surface area (Å²) in [6.45, 7) is 0. The lowest BCUT2D eigenvalue weighted by Crippen LogP contribution is -1.99. The fourth-order valence-electron chi connectivity index (χ4n) is 7.18. The van der Waals surface area contributed by atoms with Gasteiger partial charge in [0.25, 0.3) is 0 Å². The van der Waals surface area contributed by atoms with E-state index in [4.69, 9.17) is 15.0 Å². The van der Waals surface area contributed by atoms with Crippen LogP contribution in [-0.2, 0) is 0 Å². The standard InChI is InChI=1S/C45H27N3S/c1-3-12-28(13-4-1)43-46-44(29-14-5-2-6-15-29)48-45(47-43)31-23-25-38-39-21-11-20-32(42(39)49-41(38)27-31)30-22-24-37-35-18-8-7-16-33(35)34-17-9-10-19-36(34)40(37)26-30/h1-27H. The summed E-state index contributed by atoms with van der Waals surface area (Å²) < 4.78 is 2.49. The summed E-state index contributed by atoms with van der Waals surface area (Å²) in [6, 6.07) is 58.1. The van der Waals surface area contributed by atoms with Crippen molar-refractivity contribution in [3.8, 4) is 45.3 Å². The zero-order valence-electron chi connectivity index (χ0n) is 26.3. The van der Waals surface area contributed by atoms with Crippen LogP contribution < -0.4 is 0 Å². The van der Waals surface area contributed by atoms with Crippen molar-refractivity contribution in [3.05, 3.63) is 164 Å². The first-order valence-electron chi connectivity index (χ1n) is 16.4. The van der Waals surface area contributed by atoms with Gasteiger partial charge in [-0.25, -0.2) is 15.0 Å². The summed E-state index contributed by atoms with van der Waals surface area (Å²) in [6.07, 6.45) is 0. The third kappa shape index (κ3) is 4.61. The fraction of sp³-hybridized carbons (Fsp3) is 0. The van der Waals surface area contributed by atoms with Gasteiger partial charge in [-0.15, -0.1) is 11.3 Å². The molecule has 0 aliphatic rings. The van der Waals surface area contributed by atoms with Gasteiger partial charge in [-0.1, -0.05) is 152 Å². The second-order valence-electron chi connectivity index (χ2n) is 12.4. The Morgan fingerprint density at radius 3 is 1.39 bits per heavy atom. The normalized spacial score (nSPS) is 11.7. The minimum Gasteiger partial charge on any atom is -0.208 e. The van der Waals surface area contributed by atoms with Gasteiger partial charge >= 0.3 is 0 Å². The van der Waals surface area contributed by atoms with Crippen LogP contribution in [0.2, 0.25) is 0 Å². The van der Waals surface area contributed by atoms with Crippen molar-refractivity contribution in [2.24, 2.45) is 0 Å². The zero-order valence-corrected chi connectivity index (χ0v) is 27.2. The smallest absolute Gasteiger partial charge is 0.164 e. The number of benzene rings is 8. The highest BCUT2D eigenvalue weighted by Crippen LogP contribution is 2.43. The molecule has 0 atom stereocenters. The Bertz CT molecular complexity index is 2780. The van der Waals surface area contributed by atoms with Crippen LogP contribution >= 0.6 is 11.3 Å². The molecule has 4 heteroatoms. The minimum atomic E-state index is 0.666. The molecular weight excluding hydrogens is 615 g/mol. The van der Waals surface area contributed by atoms with Gasteiger partial charge in [0.05, 0.1) is 0 Å². The third-order valence-corrected chi connectivity index (χ3v) is 10.7. The van der Waals surface area contributed by atoms with E-state index in [2.05, 4.69) is 103 Å². The van der Waals surface area contributed by atoms with Gasteiger partial charge in [0, 0.05) is 36.9 Å². The molecule has 0 aliphatic carbocycles. The molecule has 0 saturated carbocycles. The van der Waals surface area contributed by atoms with Gasteiger partial charge in [0.2, 0.25) is 0 Å². The van der Waals surface area contributed by atoms with E-state index in [0.29, 0.717) is 17.5 Å². The largest absolute Gasteiger partial charge is 0.208 e. The maximum absolute atomic E-state index is 4.98. The molecule has 2 heterocycles. The Kier molecular flexibility index (Phi) is 6.36. The van der Waals surface area contributed by atoms with E-state index >= 15 is 0 Å². The summed E-state index contributed by atoms with van der Waals surface area (Å²) in [7, 11) is 0. The molecule has 0 radical (unpaired) electrons. The SMILES string of the molecule is c1ccc(-c2nc(-c3ccccc3)nc(-c3ccc4c(c3)sc3c(-c5ccc6c7ccccc7c7ccccc7c6c5)cccc34)n2)cc1. The first-order valence-corrected chi connectivity index (χ1v) is 17.3. The molecule has 0 spiro atoms. The highest BCUT2D eigenvalue weighted by atomic mass is 32.1. The number of fused-ring (bicyclic) bond motifs is 9. The molecule has 0 unspecified atom stereocenters. The van der Waals surface area contributed by atoms with Crippen molar-refractivity contribution in [1.82, 2.24) is 15.0 Å². The Balaban J connectivity index is 1.14. The van der Waals surface area contributed by atoms with E-state index in [-0.39, 0.29) is 0 Å². The van der Waals surface area contributed by atoms with Gasteiger partial charge in [0.15, 0.2) is 17.5 Å². The van der Waals surface area contributed by atoms with Crippen molar-refractivity contribution in [2.45, 2.75) is 0 Å². The van der Waals surface area contributed by atoms with E-state index in [9.17, 15) is 0 Å². The van der Waals surface area contributed by atoms with Crippen LogP contribution in [-0.4, -0.2) is 15.0 Å². The summed E-state index contributed by atoms with van der Waals surface area (Å²) in [5.41, 5.74) is 5.38. The predicted octanol–water partition coefficient (Wildman–Crippen LogP) is 12.4. The zero-order chi connectivity index (χ0) is 32.3. The summed E-state index contributed by atoms with van der Waals surface area (Å²) >= 11 is 1.83. The molecule has 0 aliphatic heterocycles. The molecule has 0 bridgehead atoms. The molecule has 10 rings (SSSR count). The lowest BCUT2D eigenvalue weighted by Gasteiger charge is -2.12. The lowest BCUT2D eigenvalue weighted by atomic mass is 9.92. The quantitative estimate of drug-likeness (QED) is 0.180. The van der Waals surface area contributed by atoms with Crippen molar-refractivity contribution in [2.75, 3.05) is 0 Å². The Hall–Kier alpha value is -6.23. The molecule has 3 nitrogen and oxygen atoms in total. The molecule has 2 aromatic heterocycles. The second kappa shape index (κ2) is 11.2. The average Bonchev–Trinajstić information content (AvgIpc) is 3.56. The van der Waals surface area contributed by atoms with E-state index in [1.807, 2.05) is 72.0 Å². The van der Waals surface area contributed by atoms with Gasteiger partial charge in [-0.05, 0) is 55.6 Å². The van der Waals surface area contributed by atoms with Gasteiger partial charge < -0.3 is 0 Å². The number of hydrogen-bond donors (Lipinski definition) is 0. The molecule has 10 aromatic rings. The van der Waals surface area contributed by atoms with Crippen LogP contribution in [0.15, 0.2) is 164 Å². The average molecular weight is 642 g/mol. The summed E-state index contributed by atoms with van der Waals surface area (Å²) in [5.74, 6) is 2.00. The van der Waals surface area contributed by atoms with E-state index in [1.165, 1.54) is 63.6 Å². The lowest BCUT2D eigenvalue weighted by molar-refractivity contribution is 1.07. The Labute approximate surface area is 286 Å². The minimum absolute atomic E-state index is 0.666. The van der Waals surface area contributed by atoms with Gasteiger partial charge in [0.1, 0.15) is 0 Å². The predicted molar refractivity (Wildman–Crippen MR) is 207 cm³/mol.